The lowest BCUT2D eigenvalue weighted by molar-refractivity contribution is 0.357. The largest absolute Gasteiger partial charge is 0.488 e. The van der Waals surface area contributed by atoms with E-state index in [1.165, 1.54) is 11.1 Å². The molecule has 0 bridgehead atoms. The van der Waals surface area contributed by atoms with Crippen molar-refractivity contribution in [1.29, 1.82) is 0 Å². The molecular weight excluding hydrogens is 406 g/mol. The third kappa shape index (κ3) is 4.37. The maximum absolute atomic E-state index is 5.78. The number of anilines is 1. The zero-order valence-corrected chi connectivity index (χ0v) is 15.9. The Labute approximate surface area is 148 Å². The number of ether oxygens (including phenoxy) is 1. The Morgan fingerprint density at radius 3 is 2.59 bits per heavy atom. The summed E-state index contributed by atoms with van der Waals surface area (Å²) < 4.78 is 7.72. The fourth-order valence-corrected chi connectivity index (χ4v) is 3.53. The van der Waals surface area contributed by atoms with Crippen LogP contribution in [0, 0.1) is 13.8 Å². The standard InChI is InChI=1S/C18H19Br2NO/c1-4-7-22-18-14(9-15(19)10-17(18)20)11-21-16-6-5-12(2)13(3)8-16/h4-6,8-10,21H,1,7,11H2,2-3H3. The molecule has 0 saturated carbocycles. The fraction of sp³-hybridized carbons (Fsp3) is 0.222. The first-order valence-electron chi connectivity index (χ1n) is 7.04. The van der Waals surface area contributed by atoms with E-state index in [9.17, 15) is 0 Å². The van der Waals surface area contributed by atoms with Crippen molar-refractivity contribution in [3.8, 4) is 5.75 Å². The van der Waals surface area contributed by atoms with Gasteiger partial charge in [-0.05, 0) is 65.2 Å². The van der Waals surface area contributed by atoms with Crippen LogP contribution in [0.4, 0.5) is 5.69 Å². The second kappa shape index (κ2) is 7.84. The van der Waals surface area contributed by atoms with Gasteiger partial charge in [-0.25, -0.2) is 0 Å². The second-order valence-corrected chi connectivity index (χ2v) is 6.90. The van der Waals surface area contributed by atoms with Gasteiger partial charge in [-0.15, -0.1) is 0 Å². The molecule has 0 aromatic heterocycles. The monoisotopic (exact) mass is 423 g/mol. The van der Waals surface area contributed by atoms with Gasteiger partial charge >= 0.3 is 0 Å². The normalized spacial score (nSPS) is 10.4. The molecule has 1 N–H and O–H groups in total. The highest BCUT2D eigenvalue weighted by Crippen LogP contribution is 2.33. The van der Waals surface area contributed by atoms with Gasteiger partial charge in [0.05, 0.1) is 4.47 Å². The third-order valence-electron chi connectivity index (χ3n) is 3.42. The molecule has 0 aliphatic heterocycles. The van der Waals surface area contributed by atoms with Crippen molar-refractivity contribution < 1.29 is 4.74 Å². The van der Waals surface area contributed by atoms with Gasteiger partial charge in [0.2, 0.25) is 0 Å². The highest BCUT2D eigenvalue weighted by molar-refractivity contribution is 9.11. The Bertz CT molecular complexity index is 683. The molecule has 2 aromatic carbocycles. The summed E-state index contributed by atoms with van der Waals surface area (Å²) in [7, 11) is 0. The van der Waals surface area contributed by atoms with Crippen LogP contribution in [0.2, 0.25) is 0 Å². The van der Waals surface area contributed by atoms with Crippen molar-refractivity contribution in [3.63, 3.8) is 0 Å². The number of aryl methyl sites for hydroxylation is 2. The first kappa shape index (κ1) is 17.1. The number of nitrogens with one attached hydrogen (secondary N) is 1. The van der Waals surface area contributed by atoms with Crippen molar-refractivity contribution in [1.82, 2.24) is 0 Å². The molecule has 0 amide bonds. The van der Waals surface area contributed by atoms with Crippen LogP contribution in [0.1, 0.15) is 16.7 Å². The summed E-state index contributed by atoms with van der Waals surface area (Å²) in [6.45, 7) is 9.11. The summed E-state index contributed by atoms with van der Waals surface area (Å²) >= 11 is 7.09. The zero-order chi connectivity index (χ0) is 16.1. The Morgan fingerprint density at radius 1 is 1.14 bits per heavy atom. The average molecular weight is 425 g/mol. The molecule has 0 radical (unpaired) electrons. The van der Waals surface area contributed by atoms with E-state index in [1.807, 2.05) is 6.07 Å². The van der Waals surface area contributed by atoms with Crippen molar-refractivity contribution in [2.75, 3.05) is 11.9 Å². The predicted molar refractivity (Wildman–Crippen MR) is 101 cm³/mol. The van der Waals surface area contributed by atoms with Crippen LogP contribution in [0.5, 0.6) is 5.75 Å². The molecule has 116 valence electrons. The van der Waals surface area contributed by atoms with Gasteiger partial charge in [-0.1, -0.05) is 34.7 Å². The van der Waals surface area contributed by atoms with E-state index in [0.29, 0.717) is 13.2 Å². The average Bonchev–Trinajstić information content (AvgIpc) is 2.47. The fourth-order valence-electron chi connectivity index (χ4n) is 2.10. The Morgan fingerprint density at radius 2 is 1.91 bits per heavy atom. The quantitative estimate of drug-likeness (QED) is 0.573. The zero-order valence-electron chi connectivity index (χ0n) is 12.7. The van der Waals surface area contributed by atoms with Crippen LogP contribution >= 0.6 is 31.9 Å². The van der Waals surface area contributed by atoms with Gasteiger partial charge < -0.3 is 10.1 Å². The van der Waals surface area contributed by atoms with E-state index in [0.717, 1.165) is 25.9 Å². The molecule has 0 fully saturated rings. The van der Waals surface area contributed by atoms with Crippen LogP contribution in [-0.4, -0.2) is 6.61 Å². The molecule has 2 aromatic rings. The lowest BCUT2D eigenvalue weighted by atomic mass is 10.1. The first-order valence-corrected chi connectivity index (χ1v) is 8.62. The third-order valence-corrected chi connectivity index (χ3v) is 4.47. The van der Waals surface area contributed by atoms with E-state index >= 15 is 0 Å². The Kier molecular flexibility index (Phi) is 6.09. The molecule has 0 atom stereocenters. The van der Waals surface area contributed by atoms with Crippen LogP contribution in [0.25, 0.3) is 0 Å². The topological polar surface area (TPSA) is 21.3 Å². The molecule has 0 spiro atoms. The lowest BCUT2D eigenvalue weighted by Crippen LogP contribution is -2.04. The van der Waals surface area contributed by atoms with Gasteiger partial charge in [0.1, 0.15) is 12.4 Å². The molecule has 4 heteroatoms. The summed E-state index contributed by atoms with van der Waals surface area (Å²) in [4.78, 5) is 0. The number of rotatable bonds is 6. The van der Waals surface area contributed by atoms with Crippen LogP contribution in [0.3, 0.4) is 0 Å². The highest BCUT2D eigenvalue weighted by Gasteiger charge is 2.10. The van der Waals surface area contributed by atoms with Crippen molar-refractivity contribution in [2.24, 2.45) is 0 Å². The Hall–Kier alpha value is -1.26. The van der Waals surface area contributed by atoms with Crippen LogP contribution < -0.4 is 10.1 Å². The van der Waals surface area contributed by atoms with Gasteiger partial charge in [0, 0.05) is 22.3 Å². The van der Waals surface area contributed by atoms with E-state index in [2.05, 4.69) is 81.9 Å². The van der Waals surface area contributed by atoms with E-state index in [4.69, 9.17) is 4.74 Å². The van der Waals surface area contributed by atoms with Crippen LogP contribution in [0.15, 0.2) is 51.9 Å². The van der Waals surface area contributed by atoms with E-state index < -0.39 is 0 Å². The summed E-state index contributed by atoms with van der Waals surface area (Å²) in [5, 5.41) is 3.45. The van der Waals surface area contributed by atoms with Crippen molar-refractivity contribution >= 4 is 37.5 Å². The summed E-state index contributed by atoms with van der Waals surface area (Å²) in [6, 6.07) is 10.4. The molecule has 22 heavy (non-hydrogen) atoms. The molecule has 0 aliphatic rings. The van der Waals surface area contributed by atoms with Gasteiger partial charge in [-0.2, -0.15) is 0 Å². The van der Waals surface area contributed by atoms with E-state index in [-0.39, 0.29) is 0 Å². The van der Waals surface area contributed by atoms with Crippen molar-refractivity contribution in [2.45, 2.75) is 20.4 Å². The van der Waals surface area contributed by atoms with Gasteiger partial charge in [-0.3, -0.25) is 0 Å². The van der Waals surface area contributed by atoms with Gasteiger partial charge in [0.15, 0.2) is 0 Å². The summed E-state index contributed by atoms with van der Waals surface area (Å²) in [5.74, 6) is 0.847. The first-order chi connectivity index (χ1) is 10.5. The lowest BCUT2D eigenvalue weighted by Gasteiger charge is -2.15. The summed E-state index contributed by atoms with van der Waals surface area (Å²) in [5.41, 5.74) is 4.77. The van der Waals surface area contributed by atoms with Crippen molar-refractivity contribution in [3.05, 3.63) is 68.6 Å². The van der Waals surface area contributed by atoms with Gasteiger partial charge in [0.25, 0.3) is 0 Å². The molecule has 0 saturated heterocycles. The second-order valence-electron chi connectivity index (χ2n) is 5.13. The maximum atomic E-state index is 5.78. The Balaban J connectivity index is 2.20. The minimum atomic E-state index is 0.483. The number of hydrogen-bond donors (Lipinski definition) is 1. The molecule has 2 rings (SSSR count). The maximum Gasteiger partial charge on any atom is 0.139 e. The number of halogens is 2. The summed E-state index contributed by atoms with van der Waals surface area (Å²) in [6.07, 6.45) is 1.75. The highest BCUT2D eigenvalue weighted by atomic mass is 79.9. The number of benzene rings is 2. The minimum Gasteiger partial charge on any atom is -0.488 e. The minimum absolute atomic E-state index is 0.483. The molecule has 0 unspecified atom stereocenters. The molecule has 0 heterocycles. The number of hydrogen-bond acceptors (Lipinski definition) is 2. The van der Waals surface area contributed by atoms with Crippen LogP contribution in [-0.2, 0) is 6.54 Å². The smallest absolute Gasteiger partial charge is 0.139 e. The predicted octanol–water partition coefficient (Wildman–Crippen LogP) is 6.01. The molecule has 2 nitrogen and oxygen atoms in total. The molecule has 0 aliphatic carbocycles. The molecular formula is C18H19Br2NO. The SMILES string of the molecule is C=CCOc1c(Br)cc(Br)cc1CNc1ccc(C)c(C)c1. The van der Waals surface area contributed by atoms with E-state index in [1.54, 1.807) is 6.08 Å².